The van der Waals surface area contributed by atoms with Crippen molar-refractivity contribution in [2.24, 2.45) is 10.8 Å². The van der Waals surface area contributed by atoms with Crippen molar-refractivity contribution in [1.29, 1.82) is 0 Å². The Bertz CT molecular complexity index is 167. The minimum Gasteiger partial charge on any atom is -0.358 e. The molecule has 0 saturated carbocycles. The molecule has 0 heterocycles. The normalized spacial score (nSPS) is 10.8. The smallest absolute Gasteiger partial charge is 0.241 e. The van der Waals surface area contributed by atoms with Gasteiger partial charge in [-0.1, -0.05) is 0 Å². The molecule has 0 saturated heterocycles. The second kappa shape index (κ2) is 6.41. The van der Waals surface area contributed by atoms with Crippen LogP contribution < -0.4 is 21.9 Å². The van der Waals surface area contributed by atoms with Gasteiger partial charge >= 0.3 is 0 Å². The van der Waals surface area contributed by atoms with Gasteiger partial charge in [-0.3, -0.25) is 10.2 Å². The highest BCUT2D eigenvalue weighted by Gasteiger charge is 1.96. The number of hydrogen-bond acceptors (Lipinski definition) is 3. The molecule has 70 valence electrons. The van der Waals surface area contributed by atoms with Crippen molar-refractivity contribution in [3.05, 3.63) is 0 Å². The van der Waals surface area contributed by atoms with E-state index in [4.69, 9.17) is 5.84 Å². The lowest BCUT2D eigenvalue weighted by Gasteiger charge is -2.05. The Hall–Kier alpha value is -1.30. The monoisotopic (exact) mass is 173 g/mol. The van der Waals surface area contributed by atoms with Crippen LogP contribution in [0.5, 0.6) is 0 Å². The lowest BCUT2D eigenvalue weighted by Crippen LogP contribution is -2.42. The van der Waals surface area contributed by atoms with Crippen LogP contribution in [0.2, 0.25) is 0 Å². The minimum atomic E-state index is -0.152. The molecule has 0 fully saturated rings. The summed E-state index contributed by atoms with van der Waals surface area (Å²) in [6.07, 6.45) is 0. The molecule has 0 radical (unpaired) electrons. The predicted molar refractivity (Wildman–Crippen MR) is 47.4 cm³/mol. The van der Waals surface area contributed by atoms with E-state index in [2.05, 4.69) is 21.1 Å². The van der Waals surface area contributed by atoms with Crippen LogP contribution in [-0.4, -0.2) is 32.0 Å². The van der Waals surface area contributed by atoms with Crippen molar-refractivity contribution < 1.29 is 4.79 Å². The van der Waals surface area contributed by atoms with Crippen molar-refractivity contribution in [3.8, 4) is 0 Å². The molecule has 0 aliphatic rings. The van der Waals surface area contributed by atoms with E-state index >= 15 is 0 Å². The molecule has 0 atom stereocenters. The van der Waals surface area contributed by atoms with E-state index < -0.39 is 0 Å². The average molecular weight is 173 g/mol. The van der Waals surface area contributed by atoms with Crippen LogP contribution >= 0.6 is 0 Å². The minimum absolute atomic E-state index is 0.0725. The number of carbonyl (C=O) groups excluding carboxylic acids is 1. The molecule has 0 aromatic rings. The van der Waals surface area contributed by atoms with E-state index in [-0.39, 0.29) is 12.5 Å². The SMILES string of the molecule is CCNC(=NCC(=O)NC)NN. The van der Waals surface area contributed by atoms with Crippen molar-refractivity contribution in [1.82, 2.24) is 16.1 Å². The third-order valence-electron chi connectivity index (χ3n) is 1.14. The van der Waals surface area contributed by atoms with Gasteiger partial charge in [0.2, 0.25) is 11.9 Å². The first-order valence-corrected chi connectivity index (χ1v) is 3.70. The topological polar surface area (TPSA) is 91.5 Å². The highest BCUT2D eigenvalue weighted by molar-refractivity contribution is 5.84. The van der Waals surface area contributed by atoms with Crippen LogP contribution in [0.3, 0.4) is 0 Å². The summed E-state index contributed by atoms with van der Waals surface area (Å²) in [6, 6.07) is 0. The average Bonchev–Trinajstić information content (AvgIpc) is 2.11. The zero-order chi connectivity index (χ0) is 9.40. The van der Waals surface area contributed by atoms with Crippen LogP contribution in [0.4, 0.5) is 0 Å². The van der Waals surface area contributed by atoms with Gasteiger partial charge in [0.15, 0.2) is 0 Å². The number of likely N-dealkylation sites (N-methyl/N-ethyl adjacent to an activating group) is 1. The number of guanidine groups is 1. The van der Waals surface area contributed by atoms with E-state index in [1.165, 1.54) is 0 Å². The fraction of sp³-hybridized carbons (Fsp3) is 0.667. The second-order valence-electron chi connectivity index (χ2n) is 2.01. The van der Waals surface area contributed by atoms with E-state index in [1.54, 1.807) is 7.05 Å². The summed E-state index contributed by atoms with van der Waals surface area (Å²) in [5, 5.41) is 5.29. The number of nitrogens with one attached hydrogen (secondary N) is 3. The third-order valence-corrected chi connectivity index (χ3v) is 1.14. The Balaban J connectivity index is 3.84. The number of nitrogens with zero attached hydrogens (tertiary/aromatic N) is 1. The van der Waals surface area contributed by atoms with E-state index in [0.29, 0.717) is 12.5 Å². The van der Waals surface area contributed by atoms with Crippen molar-refractivity contribution in [2.75, 3.05) is 20.1 Å². The van der Waals surface area contributed by atoms with E-state index in [9.17, 15) is 4.79 Å². The molecule has 0 aromatic carbocycles. The number of nitrogens with two attached hydrogens (primary N) is 1. The molecule has 0 aromatic heterocycles. The van der Waals surface area contributed by atoms with E-state index in [0.717, 1.165) is 0 Å². The Morgan fingerprint density at radius 1 is 1.58 bits per heavy atom. The van der Waals surface area contributed by atoms with Gasteiger partial charge in [0.05, 0.1) is 0 Å². The van der Waals surface area contributed by atoms with Gasteiger partial charge in [0, 0.05) is 13.6 Å². The van der Waals surface area contributed by atoms with Gasteiger partial charge in [-0.25, -0.2) is 10.8 Å². The zero-order valence-electron chi connectivity index (χ0n) is 7.35. The Kier molecular flexibility index (Phi) is 5.72. The standard InChI is InChI=1S/C6H15N5O/c1-3-9-6(11-7)10-4-5(12)8-2/h3-4,7H2,1-2H3,(H,8,12)(H2,9,10,11). The summed E-state index contributed by atoms with van der Waals surface area (Å²) >= 11 is 0. The van der Waals surface area contributed by atoms with Gasteiger partial charge in [-0.05, 0) is 6.92 Å². The largest absolute Gasteiger partial charge is 0.358 e. The summed E-state index contributed by atoms with van der Waals surface area (Å²) in [5.41, 5.74) is 2.34. The fourth-order valence-corrected chi connectivity index (χ4v) is 0.550. The van der Waals surface area contributed by atoms with Gasteiger partial charge in [-0.2, -0.15) is 0 Å². The Morgan fingerprint density at radius 2 is 2.25 bits per heavy atom. The first kappa shape index (κ1) is 10.7. The summed E-state index contributed by atoms with van der Waals surface area (Å²) in [7, 11) is 1.56. The second-order valence-corrected chi connectivity index (χ2v) is 2.01. The lowest BCUT2D eigenvalue weighted by atomic mass is 10.6. The molecular weight excluding hydrogens is 158 g/mol. The van der Waals surface area contributed by atoms with Crippen molar-refractivity contribution >= 4 is 11.9 Å². The molecule has 0 spiro atoms. The molecule has 0 aliphatic carbocycles. The maximum Gasteiger partial charge on any atom is 0.241 e. The summed E-state index contributed by atoms with van der Waals surface area (Å²) in [4.78, 5) is 14.6. The van der Waals surface area contributed by atoms with Crippen LogP contribution in [0, 0.1) is 0 Å². The van der Waals surface area contributed by atoms with Crippen LogP contribution in [0.1, 0.15) is 6.92 Å². The number of aliphatic imine (C=N–C) groups is 1. The maximum absolute atomic E-state index is 10.7. The molecule has 0 rings (SSSR count). The number of rotatable bonds is 3. The number of hydrazine groups is 1. The Labute approximate surface area is 71.6 Å². The molecule has 12 heavy (non-hydrogen) atoms. The number of carbonyl (C=O) groups is 1. The fourth-order valence-electron chi connectivity index (χ4n) is 0.550. The Morgan fingerprint density at radius 3 is 2.67 bits per heavy atom. The summed E-state index contributed by atoms with van der Waals surface area (Å²) < 4.78 is 0. The van der Waals surface area contributed by atoms with Crippen molar-refractivity contribution in [2.45, 2.75) is 6.92 Å². The zero-order valence-corrected chi connectivity index (χ0v) is 7.35. The first-order valence-electron chi connectivity index (χ1n) is 3.70. The molecule has 5 N–H and O–H groups in total. The highest BCUT2D eigenvalue weighted by Crippen LogP contribution is 1.71. The highest BCUT2D eigenvalue weighted by atomic mass is 16.1. The van der Waals surface area contributed by atoms with Crippen LogP contribution in [0.15, 0.2) is 4.99 Å². The van der Waals surface area contributed by atoms with Gasteiger partial charge in [0.25, 0.3) is 0 Å². The van der Waals surface area contributed by atoms with Gasteiger partial charge < -0.3 is 10.6 Å². The molecule has 1 amide bonds. The van der Waals surface area contributed by atoms with Crippen molar-refractivity contribution in [3.63, 3.8) is 0 Å². The molecule has 0 unspecified atom stereocenters. The summed E-state index contributed by atoms with van der Waals surface area (Å²) in [5.74, 6) is 5.38. The van der Waals surface area contributed by atoms with E-state index in [1.807, 2.05) is 6.92 Å². The molecular formula is C6H15N5O. The molecule has 6 nitrogen and oxygen atoms in total. The summed E-state index contributed by atoms with van der Waals surface area (Å²) in [6.45, 7) is 2.69. The van der Waals surface area contributed by atoms with Crippen LogP contribution in [-0.2, 0) is 4.79 Å². The quantitative estimate of drug-likeness (QED) is 0.175. The molecule has 0 bridgehead atoms. The van der Waals surface area contributed by atoms with Gasteiger partial charge in [0.1, 0.15) is 6.54 Å². The maximum atomic E-state index is 10.7. The van der Waals surface area contributed by atoms with Crippen LogP contribution in [0.25, 0.3) is 0 Å². The number of hydrogen-bond donors (Lipinski definition) is 4. The molecule has 0 aliphatic heterocycles. The number of amides is 1. The predicted octanol–water partition coefficient (Wildman–Crippen LogP) is -1.84. The van der Waals surface area contributed by atoms with Gasteiger partial charge in [-0.15, -0.1) is 0 Å². The third kappa shape index (κ3) is 4.51. The lowest BCUT2D eigenvalue weighted by molar-refractivity contribution is -0.119. The first-order chi connectivity index (χ1) is 5.74. The molecule has 6 heteroatoms.